The lowest BCUT2D eigenvalue weighted by Gasteiger charge is -2.00. The minimum absolute atomic E-state index is 0.158. The highest BCUT2D eigenvalue weighted by Gasteiger charge is 2.00. The Labute approximate surface area is 94.8 Å². The van der Waals surface area contributed by atoms with Gasteiger partial charge >= 0.3 is 0 Å². The molecule has 1 aromatic heterocycles. The molecule has 0 bridgehead atoms. The molecular weight excluding hydrogens is 266 g/mol. The van der Waals surface area contributed by atoms with Crippen molar-refractivity contribution in [2.75, 3.05) is 5.75 Å². The molecule has 0 radical (unpaired) electrons. The van der Waals surface area contributed by atoms with Crippen molar-refractivity contribution >= 4 is 33.6 Å². The third-order valence-corrected chi connectivity index (χ3v) is 2.85. The molecule has 0 saturated carbocycles. The molecule has 0 unspecified atom stereocenters. The van der Waals surface area contributed by atoms with Crippen LogP contribution in [-0.4, -0.2) is 16.6 Å². The standard InChI is InChI=1S/C8H10BrN3OS/c9-6-1-2-8(11-5-6)14-4-3-7(13)12-10/h1-2,5H,3-4,10H2,(H,12,13). The normalized spacial score (nSPS) is 9.86. The number of thioether (sulfide) groups is 1. The maximum Gasteiger partial charge on any atom is 0.234 e. The highest BCUT2D eigenvalue weighted by Crippen LogP contribution is 2.17. The topological polar surface area (TPSA) is 68.0 Å². The molecule has 0 fully saturated rings. The van der Waals surface area contributed by atoms with Crippen LogP contribution in [0.1, 0.15) is 6.42 Å². The quantitative estimate of drug-likeness (QED) is 0.376. The fourth-order valence-corrected chi connectivity index (χ4v) is 1.79. The van der Waals surface area contributed by atoms with Crippen LogP contribution in [0, 0.1) is 0 Å². The van der Waals surface area contributed by atoms with Crippen LogP contribution in [0.15, 0.2) is 27.8 Å². The van der Waals surface area contributed by atoms with E-state index in [0.717, 1.165) is 9.50 Å². The van der Waals surface area contributed by atoms with E-state index in [9.17, 15) is 4.79 Å². The largest absolute Gasteiger partial charge is 0.294 e. The van der Waals surface area contributed by atoms with Crippen molar-refractivity contribution in [2.24, 2.45) is 5.84 Å². The number of nitrogens with two attached hydrogens (primary N) is 1. The molecule has 0 spiro atoms. The Bertz CT molecular complexity index is 304. The number of pyridine rings is 1. The van der Waals surface area contributed by atoms with E-state index in [4.69, 9.17) is 5.84 Å². The number of hydrogen-bond donors (Lipinski definition) is 2. The maximum absolute atomic E-state index is 10.8. The zero-order chi connectivity index (χ0) is 10.4. The molecule has 0 aliphatic rings. The van der Waals surface area contributed by atoms with E-state index in [-0.39, 0.29) is 5.91 Å². The van der Waals surface area contributed by atoms with E-state index in [1.807, 2.05) is 12.1 Å². The first-order valence-electron chi connectivity index (χ1n) is 3.96. The van der Waals surface area contributed by atoms with E-state index >= 15 is 0 Å². The Morgan fingerprint density at radius 2 is 2.43 bits per heavy atom. The predicted molar refractivity (Wildman–Crippen MR) is 59.6 cm³/mol. The smallest absolute Gasteiger partial charge is 0.234 e. The van der Waals surface area contributed by atoms with Crippen molar-refractivity contribution in [3.05, 3.63) is 22.8 Å². The minimum atomic E-state index is -0.158. The molecule has 1 rings (SSSR count). The summed E-state index contributed by atoms with van der Waals surface area (Å²) in [5, 5.41) is 0.901. The van der Waals surface area contributed by atoms with Crippen LogP contribution in [-0.2, 0) is 4.79 Å². The Hall–Kier alpha value is -0.590. The summed E-state index contributed by atoms with van der Waals surface area (Å²) in [5.74, 6) is 5.46. The number of nitrogens with one attached hydrogen (secondary N) is 1. The first-order chi connectivity index (χ1) is 6.72. The van der Waals surface area contributed by atoms with E-state index in [1.165, 1.54) is 11.8 Å². The van der Waals surface area contributed by atoms with Crippen LogP contribution in [0.5, 0.6) is 0 Å². The van der Waals surface area contributed by atoms with Gasteiger partial charge in [0.1, 0.15) is 0 Å². The summed E-state index contributed by atoms with van der Waals surface area (Å²) < 4.78 is 0.946. The number of carbonyl (C=O) groups is 1. The number of carbonyl (C=O) groups excluding carboxylic acids is 1. The van der Waals surface area contributed by atoms with Crippen LogP contribution < -0.4 is 11.3 Å². The van der Waals surface area contributed by atoms with Crippen LogP contribution in [0.2, 0.25) is 0 Å². The molecule has 4 nitrogen and oxygen atoms in total. The van der Waals surface area contributed by atoms with Crippen molar-refractivity contribution in [3.8, 4) is 0 Å². The predicted octanol–water partition coefficient (Wildman–Crippen LogP) is 1.32. The highest BCUT2D eigenvalue weighted by atomic mass is 79.9. The summed E-state index contributed by atoms with van der Waals surface area (Å²) >= 11 is 4.82. The molecule has 0 saturated heterocycles. The van der Waals surface area contributed by atoms with Gasteiger partial charge in [-0.1, -0.05) is 0 Å². The average molecular weight is 276 g/mol. The average Bonchev–Trinajstić information content (AvgIpc) is 2.21. The van der Waals surface area contributed by atoms with Gasteiger partial charge in [0.25, 0.3) is 0 Å². The fraction of sp³-hybridized carbons (Fsp3) is 0.250. The molecule has 0 aromatic carbocycles. The molecule has 1 heterocycles. The van der Waals surface area contributed by atoms with E-state index in [0.29, 0.717) is 12.2 Å². The Balaban J connectivity index is 2.31. The van der Waals surface area contributed by atoms with Crippen LogP contribution in [0.25, 0.3) is 0 Å². The summed E-state index contributed by atoms with van der Waals surface area (Å²) in [6.45, 7) is 0. The maximum atomic E-state index is 10.8. The van der Waals surface area contributed by atoms with E-state index in [1.54, 1.807) is 6.20 Å². The molecule has 1 aromatic rings. The fourth-order valence-electron chi connectivity index (χ4n) is 0.768. The monoisotopic (exact) mass is 275 g/mol. The third kappa shape index (κ3) is 4.08. The molecule has 0 aliphatic carbocycles. The lowest BCUT2D eigenvalue weighted by atomic mass is 10.5. The summed E-state index contributed by atoms with van der Waals surface area (Å²) in [4.78, 5) is 14.9. The highest BCUT2D eigenvalue weighted by molar-refractivity contribution is 9.10. The van der Waals surface area contributed by atoms with Gasteiger partial charge in [0.05, 0.1) is 5.03 Å². The minimum Gasteiger partial charge on any atom is -0.294 e. The van der Waals surface area contributed by atoms with Gasteiger partial charge in [-0.15, -0.1) is 11.8 Å². The molecule has 3 N–H and O–H groups in total. The molecule has 0 aliphatic heterocycles. The van der Waals surface area contributed by atoms with Gasteiger partial charge in [-0.2, -0.15) is 0 Å². The number of amides is 1. The molecular formula is C8H10BrN3OS. The summed E-state index contributed by atoms with van der Waals surface area (Å²) in [7, 11) is 0. The second-order valence-corrected chi connectivity index (χ2v) is 4.51. The molecule has 1 amide bonds. The summed E-state index contributed by atoms with van der Waals surface area (Å²) in [6, 6.07) is 3.81. The van der Waals surface area contributed by atoms with Crippen molar-refractivity contribution in [1.82, 2.24) is 10.4 Å². The Morgan fingerprint density at radius 3 is 3.00 bits per heavy atom. The number of hydrogen-bond acceptors (Lipinski definition) is 4. The first-order valence-corrected chi connectivity index (χ1v) is 5.74. The third-order valence-electron chi connectivity index (χ3n) is 1.44. The van der Waals surface area contributed by atoms with Gasteiger partial charge in [0.2, 0.25) is 5.91 Å². The number of nitrogens with zero attached hydrogens (tertiary/aromatic N) is 1. The first kappa shape index (κ1) is 11.5. The van der Waals surface area contributed by atoms with E-state index in [2.05, 4.69) is 26.3 Å². The second-order valence-electron chi connectivity index (χ2n) is 2.48. The number of aromatic nitrogens is 1. The van der Waals surface area contributed by atoms with Crippen molar-refractivity contribution in [1.29, 1.82) is 0 Å². The summed E-state index contributed by atoms with van der Waals surface area (Å²) in [5.41, 5.74) is 2.08. The van der Waals surface area contributed by atoms with E-state index < -0.39 is 0 Å². The molecule has 76 valence electrons. The van der Waals surface area contributed by atoms with Crippen LogP contribution in [0.4, 0.5) is 0 Å². The summed E-state index contributed by atoms with van der Waals surface area (Å²) in [6.07, 6.45) is 2.13. The lowest BCUT2D eigenvalue weighted by molar-refractivity contribution is -0.120. The Kier molecular flexibility index (Phi) is 4.92. The van der Waals surface area contributed by atoms with Crippen molar-refractivity contribution in [3.63, 3.8) is 0 Å². The number of hydrazine groups is 1. The van der Waals surface area contributed by atoms with Gasteiger partial charge in [0.15, 0.2) is 0 Å². The van der Waals surface area contributed by atoms with Gasteiger partial charge < -0.3 is 0 Å². The second kappa shape index (κ2) is 6.00. The zero-order valence-corrected chi connectivity index (χ0v) is 9.77. The van der Waals surface area contributed by atoms with Gasteiger partial charge in [0, 0.05) is 22.8 Å². The van der Waals surface area contributed by atoms with Gasteiger partial charge in [-0.25, -0.2) is 10.8 Å². The SMILES string of the molecule is NNC(=O)CCSc1ccc(Br)cn1. The molecule has 6 heteroatoms. The zero-order valence-electron chi connectivity index (χ0n) is 7.37. The van der Waals surface area contributed by atoms with Crippen LogP contribution in [0.3, 0.4) is 0 Å². The van der Waals surface area contributed by atoms with Gasteiger partial charge in [-0.3, -0.25) is 10.2 Å². The van der Waals surface area contributed by atoms with Gasteiger partial charge in [-0.05, 0) is 28.1 Å². The van der Waals surface area contributed by atoms with Crippen molar-refractivity contribution < 1.29 is 4.79 Å². The van der Waals surface area contributed by atoms with Crippen molar-refractivity contribution in [2.45, 2.75) is 11.4 Å². The number of rotatable bonds is 4. The molecule has 14 heavy (non-hydrogen) atoms. The number of halogens is 1. The molecule has 0 atom stereocenters. The Morgan fingerprint density at radius 1 is 1.64 bits per heavy atom. The van der Waals surface area contributed by atoms with Crippen LogP contribution >= 0.6 is 27.7 Å². The lowest BCUT2D eigenvalue weighted by Crippen LogP contribution is -2.30.